The van der Waals surface area contributed by atoms with Crippen LogP contribution in [-0.2, 0) is 4.79 Å². The number of hydrogen-bond acceptors (Lipinski definition) is 3. The number of hydrogen-bond donors (Lipinski definition) is 2. The van der Waals surface area contributed by atoms with E-state index in [9.17, 15) is 4.79 Å². The van der Waals surface area contributed by atoms with Gasteiger partial charge in [-0.05, 0) is 18.9 Å². The number of amides is 1. The van der Waals surface area contributed by atoms with Crippen LogP contribution in [0.25, 0.3) is 0 Å². The molecule has 0 atom stereocenters. The molecule has 0 aromatic carbocycles. The van der Waals surface area contributed by atoms with Gasteiger partial charge in [-0.2, -0.15) is 0 Å². The minimum atomic E-state index is -0.476. The van der Waals surface area contributed by atoms with Gasteiger partial charge in [0, 0.05) is 0 Å². The Kier molecular flexibility index (Phi) is 1.71. The lowest BCUT2D eigenvalue weighted by atomic mass is 10.1. The lowest BCUT2D eigenvalue weighted by molar-refractivity contribution is -0.112. The maximum Gasteiger partial charge on any atom is 0.263 e. The van der Waals surface area contributed by atoms with Crippen LogP contribution < -0.4 is 11.5 Å². The zero-order chi connectivity index (χ0) is 7.56. The molecule has 1 amide bonds. The molecular weight excluding hydrogens is 130 g/mol. The molecule has 0 aliphatic carbocycles. The van der Waals surface area contributed by atoms with Crippen molar-refractivity contribution in [2.24, 2.45) is 16.5 Å². The largest absolute Gasteiger partial charge is 0.384 e. The molecule has 0 spiro atoms. The highest BCUT2D eigenvalue weighted by Gasteiger charge is 2.09. The summed E-state index contributed by atoms with van der Waals surface area (Å²) in [5.41, 5.74) is 10.7. The summed E-state index contributed by atoms with van der Waals surface area (Å²) in [7, 11) is 0. The molecule has 10 heavy (non-hydrogen) atoms. The van der Waals surface area contributed by atoms with Crippen LogP contribution in [0.5, 0.6) is 0 Å². The number of carbonyl (C=O) groups excluding carboxylic acids is 1. The first-order chi connectivity index (χ1) is 4.70. The molecule has 4 nitrogen and oxygen atoms in total. The van der Waals surface area contributed by atoms with E-state index in [1.165, 1.54) is 0 Å². The topological polar surface area (TPSA) is 81.5 Å². The molecule has 1 aliphatic heterocycles. The van der Waals surface area contributed by atoms with Crippen LogP contribution in [0.3, 0.4) is 0 Å². The Morgan fingerprint density at radius 1 is 1.70 bits per heavy atom. The zero-order valence-corrected chi connectivity index (χ0v) is 5.50. The molecule has 0 fully saturated rings. The first-order valence-corrected chi connectivity index (χ1v) is 3.03. The van der Waals surface area contributed by atoms with Gasteiger partial charge >= 0.3 is 0 Å². The maximum absolute atomic E-state index is 10.5. The summed E-state index contributed by atoms with van der Waals surface area (Å²) < 4.78 is 0. The van der Waals surface area contributed by atoms with E-state index in [-0.39, 0.29) is 0 Å². The van der Waals surface area contributed by atoms with Crippen LogP contribution in [-0.4, -0.2) is 11.6 Å². The van der Waals surface area contributed by atoms with Crippen molar-refractivity contribution in [3.05, 3.63) is 11.9 Å². The molecule has 0 aromatic heterocycles. The van der Waals surface area contributed by atoms with Crippen molar-refractivity contribution in [3.8, 4) is 0 Å². The first-order valence-electron chi connectivity index (χ1n) is 3.03. The molecule has 0 saturated carbocycles. The Bertz CT molecular complexity index is 217. The molecule has 54 valence electrons. The number of nitrogens with zero attached hydrogens (tertiary/aromatic N) is 1. The smallest absolute Gasteiger partial charge is 0.263 e. The number of carbonyl (C=O) groups is 1. The number of nitrogens with two attached hydrogens (primary N) is 2. The van der Waals surface area contributed by atoms with Gasteiger partial charge in [-0.3, -0.25) is 4.79 Å². The normalized spacial score (nSPS) is 17.6. The minimum absolute atomic E-state index is 0.375. The van der Waals surface area contributed by atoms with Crippen molar-refractivity contribution < 1.29 is 4.79 Å². The monoisotopic (exact) mass is 139 g/mol. The van der Waals surface area contributed by atoms with Crippen molar-refractivity contribution in [2.75, 3.05) is 0 Å². The van der Waals surface area contributed by atoms with Crippen molar-refractivity contribution in [1.82, 2.24) is 0 Å². The number of allylic oxidation sites excluding steroid dienone is 1. The predicted octanol–water partition coefficient (Wildman–Crippen LogP) is -0.493. The molecule has 0 radical (unpaired) electrons. The van der Waals surface area contributed by atoms with Crippen molar-refractivity contribution >= 4 is 11.6 Å². The van der Waals surface area contributed by atoms with Crippen LogP contribution in [0.1, 0.15) is 12.8 Å². The van der Waals surface area contributed by atoms with Crippen LogP contribution >= 0.6 is 0 Å². The highest BCUT2D eigenvalue weighted by Crippen LogP contribution is 2.05. The van der Waals surface area contributed by atoms with Crippen molar-refractivity contribution in [3.63, 3.8) is 0 Å². The lowest BCUT2D eigenvalue weighted by Gasteiger charge is -2.05. The zero-order valence-electron chi connectivity index (χ0n) is 5.50. The summed E-state index contributed by atoms with van der Waals surface area (Å²) in [6.45, 7) is 0. The summed E-state index contributed by atoms with van der Waals surface area (Å²) in [6, 6.07) is 0. The summed E-state index contributed by atoms with van der Waals surface area (Å²) in [4.78, 5) is 14.3. The Morgan fingerprint density at radius 3 is 2.80 bits per heavy atom. The molecule has 4 N–H and O–H groups in total. The summed E-state index contributed by atoms with van der Waals surface area (Å²) >= 11 is 0. The molecule has 0 unspecified atom stereocenters. The fourth-order valence-corrected chi connectivity index (χ4v) is 0.792. The second-order valence-electron chi connectivity index (χ2n) is 2.09. The van der Waals surface area contributed by atoms with Gasteiger partial charge < -0.3 is 11.5 Å². The van der Waals surface area contributed by atoms with Crippen molar-refractivity contribution in [2.45, 2.75) is 12.8 Å². The number of aliphatic imine (C=N–C) groups is 1. The Hall–Kier alpha value is -1.32. The van der Waals surface area contributed by atoms with E-state index < -0.39 is 5.91 Å². The fourth-order valence-electron chi connectivity index (χ4n) is 0.792. The predicted molar refractivity (Wildman–Crippen MR) is 38.1 cm³/mol. The highest BCUT2D eigenvalue weighted by atomic mass is 16.1. The Balaban J connectivity index is 2.78. The molecule has 0 bridgehead atoms. The Labute approximate surface area is 58.6 Å². The SMILES string of the molecule is NC(=O)C1=NC(N)=CCC1. The third-order valence-corrected chi connectivity index (χ3v) is 1.28. The van der Waals surface area contributed by atoms with Gasteiger partial charge in [-0.15, -0.1) is 0 Å². The van der Waals surface area contributed by atoms with E-state index in [4.69, 9.17) is 11.5 Å². The summed E-state index contributed by atoms with van der Waals surface area (Å²) in [6.07, 6.45) is 3.14. The van der Waals surface area contributed by atoms with Crippen LogP contribution in [0.2, 0.25) is 0 Å². The molecule has 0 saturated heterocycles. The van der Waals surface area contributed by atoms with Gasteiger partial charge in [0.05, 0.1) is 0 Å². The van der Waals surface area contributed by atoms with E-state index in [1.54, 1.807) is 6.08 Å². The van der Waals surface area contributed by atoms with Gasteiger partial charge in [0.25, 0.3) is 5.91 Å². The second kappa shape index (κ2) is 2.51. The maximum atomic E-state index is 10.5. The third kappa shape index (κ3) is 1.34. The molecule has 4 heteroatoms. The standard InChI is InChI=1S/C6H9N3O/c7-5-3-1-2-4(9-5)6(8)10/h3H,1-2,7H2,(H2,8,10). The van der Waals surface area contributed by atoms with Gasteiger partial charge in [-0.1, -0.05) is 0 Å². The van der Waals surface area contributed by atoms with Crippen LogP contribution in [0.4, 0.5) is 0 Å². The lowest BCUT2D eigenvalue weighted by Crippen LogP contribution is -2.25. The fraction of sp³-hybridized carbons (Fsp3) is 0.333. The molecule has 1 rings (SSSR count). The van der Waals surface area contributed by atoms with Gasteiger partial charge in [0.1, 0.15) is 11.5 Å². The van der Waals surface area contributed by atoms with Gasteiger partial charge in [0.15, 0.2) is 0 Å². The molecular formula is C6H9N3O. The first kappa shape index (κ1) is 6.80. The van der Waals surface area contributed by atoms with E-state index in [1.807, 2.05) is 0 Å². The van der Waals surface area contributed by atoms with Crippen molar-refractivity contribution in [1.29, 1.82) is 0 Å². The van der Waals surface area contributed by atoms with Crippen LogP contribution in [0, 0.1) is 0 Å². The number of rotatable bonds is 1. The van der Waals surface area contributed by atoms with Gasteiger partial charge in [-0.25, -0.2) is 4.99 Å². The number of primary amides is 1. The minimum Gasteiger partial charge on any atom is -0.384 e. The Morgan fingerprint density at radius 2 is 2.40 bits per heavy atom. The van der Waals surface area contributed by atoms with E-state index in [2.05, 4.69) is 4.99 Å². The summed E-state index contributed by atoms with van der Waals surface area (Å²) in [5, 5.41) is 0. The van der Waals surface area contributed by atoms with Crippen LogP contribution in [0.15, 0.2) is 16.9 Å². The average Bonchev–Trinajstić information content (AvgIpc) is 1.88. The second-order valence-corrected chi connectivity index (χ2v) is 2.09. The van der Waals surface area contributed by atoms with E-state index in [0.717, 1.165) is 6.42 Å². The van der Waals surface area contributed by atoms with E-state index >= 15 is 0 Å². The molecule has 0 aromatic rings. The average molecular weight is 139 g/mol. The molecule has 1 aliphatic rings. The highest BCUT2D eigenvalue weighted by molar-refractivity contribution is 6.38. The van der Waals surface area contributed by atoms with Gasteiger partial charge in [0.2, 0.25) is 0 Å². The third-order valence-electron chi connectivity index (χ3n) is 1.28. The quantitative estimate of drug-likeness (QED) is 0.513. The summed E-state index contributed by atoms with van der Waals surface area (Å²) in [5.74, 6) is -0.0869. The molecule has 1 heterocycles. The van der Waals surface area contributed by atoms with E-state index in [0.29, 0.717) is 18.0 Å².